The van der Waals surface area contributed by atoms with Crippen molar-refractivity contribution in [1.29, 1.82) is 5.26 Å². The highest BCUT2D eigenvalue weighted by Gasteiger charge is 2.28. The molecule has 0 aliphatic carbocycles. The molecule has 0 bridgehead atoms. The maximum absolute atomic E-state index is 12.8. The fourth-order valence-electron chi connectivity index (χ4n) is 2.81. The lowest BCUT2D eigenvalue weighted by Gasteiger charge is -2.23. The largest absolute Gasteiger partial charge is 0.470 e. The number of fused-ring (bicyclic) bond motifs is 1. The lowest BCUT2D eigenvalue weighted by Crippen LogP contribution is -2.39. The van der Waals surface area contributed by atoms with Crippen LogP contribution in [0.25, 0.3) is 0 Å². The standard InChI is InChI=1S/C17H14N6O2S/c18-5-12-1-2-16(19-6-12)25-14-8-22(17(24)15-10-26-11-20-15)7-13-3-4-21-23(13)9-14/h1-4,6,10-11,14H,7-9H2/t14-/m1/s1. The quantitative estimate of drug-likeness (QED) is 0.700. The summed E-state index contributed by atoms with van der Waals surface area (Å²) in [6, 6.07) is 7.22. The van der Waals surface area contributed by atoms with Crippen LogP contribution in [-0.4, -0.2) is 43.2 Å². The second-order valence-electron chi connectivity index (χ2n) is 5.80. The van der Waals surface area contributed by atoms with E-state index in [1.807, 2.05) is 16.8 Å². The topological polar surface area (TPSA) is 96.9 Å². The number of thiazole rings is 1. The van der Waals surface area contributed by atoms with Crippen molar-refractivity contribution in [3.05, 3.63) is 58.4 Å². The van der Waals surface area contributed by atoms with Crippen molar-refractivity contribution < 1.29 is 9.53 Å². The molecular formula is C17H14N6O2S. The number of hydrogen-bond donors (Lipinski definition) is 0. The zero-order valence-electron chi connectivity index (χ0n) is 13.6. The van der Waals surface area contributed by atoms with E-state index in [2.05, 4.69) is 15.1 Å². The molecule has 3 aromatic heterocycles. The number of nitriles is 1. The minimum absolute atomic E-state index is 0.137. The average molecular weight is 366 g/mol. The SMILES string of the molecule is N#Cc1ccc(O[C@@H]2CN(C(=O)c3cscn3)Cc3ccnn3C2)nc1. The Labute approximate surface area is 153 Å². The third-order valence-corrected chi connectivity index (χ3v) is 4.64. The summed E-state index contributed by atoms with van der Waals surface area (Å²) < 4.78 is 7.80. The molecule has 0 saturated heterocycles. The number of nitrogens with zero attached hydrogens (tertiary/aromatic N) is 6. The molecule has 8 nitrogen and oxygen atoms in total. The number of amides is 1. The van der Waals surface area contributed by atoms with Gasteiger partial charge in [-0.3, -0.25) is 9.48 Å². The predicted octanol–water partition coefficient (Wildman–Crippen LogP) is 1.71. The molecule has 0 spiro atoms. The van der Waals surface area contributed by atoms with Crippen LogP contribution in [0, 0.1) is 11.3 Å². The first kappa shape index (κ1) is 16.2. The fourth-order valence-corrected chi connectivity index (χ4v) is 3.34. The number of carbonyl (C=O) groups excluding carboxylic acids is 1. The van der Waals surface area contributed by atoms with Crippen molar-refractivity contribution in [1.82, 2.24) is 24.6 Å². The van der Waals surface area contributed by atoms with Crippen LogP contribution >= 0.6 is 11.3 Å². The van der Waals surface area contributed by atoms with Gasteiger partial charge in [-0.15, -0.1) is 11.3 Å². The molecule has 0 fully saturated rings. The highest BCUT2D eigenvalue weighted by Crippen LogP contribution is 2.18. The Morgan fingerprint density at radius 2 is 2.23 bits per heavy atom. The fraction of sp³-hybridized carbons (Fsp3) is 0.235. The van der Waals surface area contributed by atoms with Gasteiger partial charge in [0.25, 0.3) is 5.91 Å². The molecule has 1 atom stereocenters. The molecule has 1 aliphatic rings. The third kappa shape index (κ3) is 3.27. The van der Waals surface area contributed by atoms with Gasteiger partial charge in [-0.1, -0.05) is 0 Å². The molecule has 0 unspecified atom stereocenters. The molecule has 26 heavy (non-hydrogen) atoms. The maximum Gasteiger partial charge on any atom is 0.273 e. The van der Waals surface area contributed by atoms with Gasteiger partial charge >= 0.3 is 0 Å². The first-order valence-electron chi connectivity index (χ1n) is 7.94. The molecule has 1 aliphatic heterocycles. The van der Waals surface area contributed by atoms with Gasteiger partial charge in [0.15, 0.2) is 0 Å². The third-order valence-electron chi connectivity index (χ3n) is 4.05. The van der Waals surface area contributed by atoms with Crippen LogP contribution in [0.5, 0.6) is 5.88 Å². The summed E-state index contributed by atoms with van der Waals surface area (Å²) in [7, 11) is 0. The summed E-state index contributed by atoms with van der Waals surface area (Å²) in [4.78, 5) is 22.7. The minimum atomic E-state index is -0.320. The summed E-state index contributed by atoms with van der Waals surface area (Å²) in [5.74, 6) is 0.271. The summed E-state index contributed by atoms with van der Waals surface area (Å²) in [5.41, 5.74) is 3.47. The molecule has 9 heteroatoms. The molecule has 0 radical (unpaired) electrons. The number of carbonyl (C=O) groups is 1. The van der Waals surface area contributed by atoms with E-state index in [1.165, 1.54) is 17.5 Å². The normalized spacial score (nSPS) is 16.4. The molecule has 3 aromatic rings. The number of hydrogen-bond acceptors (Lipinski definition) is 7. The predicted molar refractivity (Wildman–Crippen MR) is 92.4 cm³/mol. The highest BCUT2D eigenvalue weighted by atomic mass is 32.1. The Balaban J connectivity index is 1.57. The first-order valence-corrected chi connectivity index (χ1v) is 8.88. The zero-order valence-corrected chi connectivity index (χ0v) is 14.5. The van der Waals surface area contributed by atoms with Crippen molar-refractivity contribution in [2.24, 2.45) is 0 Å². The second kappa shape index (κ2) is 6.93. The van der Waals surface area contributed by atoms with E-state index >= 15 is 0 Å². The van der Waals surface area contributed by atoms with Crippen LogP contribution in [0.3, 0.4) is 0 Å². The summed E-state index contributed by atoms with van der Waals surface area (Å²) in [6.45, 7) is 1.34. The molecule has 1 amide bonds. The summed E-state index contributed by atoms with van der Waals surface area (Å²) in [6.07, 6.45) is 2.85. The van der Waals surface area contributed by atoms with Crippen LogP contribution in [0.2, 0.25) is 0 Å². The van der Waals surface area contributed by atoms with Crippen LogP contribution in [0.1, 0.15) is 21.7 Å². The highest BCUT2D eigenvalue weighted by molar-refractivity contribution is 7.07. The minimum Gasteiger partial charge on any atom is -0.470 e. The van der Waals surface area contributed by atoms with E-state index in [4.69, 9.17) is 10.00 Å². The van der Waals surface area contributed by atoms with E-state index in [-0.39, 0.29) is 12.0 Å². The van der Waals surface area contributed by atoms with E-state index in [1.54, 1.807) is 34.1 Å². The number of pyridine rings is 1. The average Bonchev–Trinajstić information content (AvgIpc) is 3.31. The van der Waals surface area contributed by atoms with Crippen LogP contribution in [-0.2, 0) is 13.1 Å². The van der Waals surface area contributed by atoms with E-state index in [0.717, 1.165) is 5.69 Å². The summed E-state index contributed by atoms with van der Waals surface area (Å²) in [5, 5.41) is 14.9. The second-order valence-corrected chi connectivity index (χ2v) is 6.52. The van der Waals surface area contributed by atoms with E-state index in [9.17, 15) is 4.79 Å². The molecule has 0 saturated carbocycles. The smallest absolute Gasteiger partial charge is 0.273 e. The van der Waals surface area contributed by atoms with E-state index in [0.29, 0.717) is 36.8 Å². The Kier molecular flexibility index (Phi) is 4.33. The maximum atomic E-state index is 12.8. The molecular weight excluding hydrogens is 352 g/mol. The molecule has 4 rings (SSSR count). The van der Waals surface area contributed by atoms with Gasteiger partial charge in [0.1, 0.15) is 17.9 Å². The lowest BCUT2D eigenvalue weighted by atomic mass is 10.3. The Bertz CT molecular complexity index is 945. The van der Waals surface area contributed by atoms with Crippen molar-refractivity contribution in [3.8, 4) is 11.9 Å². The molecule has 4 heterocycles. The number of aromatic nitrogens is 4. The Morgan fingerprint density at radius 1 is 1.31 bits per heavy atom. The van der Waals surface area contributed by atoms with Gasteiger partial charge in [0.2, 0.25) is 5.88 Å². The van der Waals surface area contributed by atoms with Crippen LogP contribution in [0.4, 0.5) is 0 Å². The van der Waals surface area contributed by atoms with Crippen molar-refractivity contribution in [3.63, 3.8) is 0 Å². The number of ether oxygens (including phenoxy) is 1. The number of rotatable bonds is 3. The lowest BCUT2D eigenvalue weighted by molar-refractivity contribution is 0.0639. The Morgan fingerprint density at radius 3 is 2.96 bits per heavy atom. The van der Waals surface area contributed by atoms with Gasteiger partial charge in [-0.2, -0.15) is 10.4 Å². The van der Waals surface area contributed by atoms with E-state index < -0.39 is 0 Å². The van der Waals surface area contributed by atoms with Gasteiger partial charge in [0, 0.05) is 23.8 Å². The molecule has 0 aromatic carbocycles. The van der Waals surface area contributed by atoms with Gasteiger partial charge < -0.3 is 9.64 Å². The Hall–Kier alpha value is -3.25. The van der Waals surface area contributed by atoms with Crippen molar-refractivity contribution >= 4 is 17.2 Å². The molecule has 0 N–H and O–H groups in total. The summed E-state index contributed by atoms with van der Waals surface area (Å²) >= 11 is 1.39. The van der Waals surface area contributed by atoms with Crippen molar-refractivity contribution in [2.45, 2.75) is 19.2 Å². The first-order chi connectivity index (χ1) is 12.7. The van der Waals surface area contributed by atoms with Gasteiger partial charge in [0.05, 0.1) is 36.4 Å². The van der Waals surface area contributed by atoms with Gasteiger partial charge in [-0.25, -0.2) is 9.97 Å². The zero-order chi connectivity index (χ0) is 17.9. The monoisotopic (exact) mass is 366 g/mol. The molecule has 130 valence electrons. The van der Waals surface area contributed by atoms with Crippen LogP contribution in [0.15, 0.2) is 41.5 Å². The van der Waals surface area contributed by atoms with Gasteiger partial charge in [-0.05, 0) is 12.1 Å². The van der Waals surface area contributed by atoms with Crippen molar-refractivity contribution in [2.75, 3.05) is 6.54 Å². The van der Waals surface area contributed by atoms with Crippen LogP contribution < -0.4 is 4.74 Å².